The molecular weight excluding hydrogens is 335 g/mol. The number of halogens is 3. The molecule has 0 aliphatic carbocycles. The molecule has 3 saturated heterocycles. The second kappa shape index (κ2) is 5.20. The first-order chi connectivity index (χ1) is 8.63. The fourth-order valence-corrected chi connectivity index (χ4v) is 4.31. The number of piperidine rings is 3. The first kappa shape index (κ1) is 13.0. The van der Waals surface area contributed by atoms with Gasteiger partial charge in [0.05, 0.1) is 15.7 Å². The third-order valence-corrected chi connectivity index (χ3v) is 5.05. The van der Waals surface area contributed by atoms with E-state index in [4.69, 9.17) is 23.2 Å². The summed E-state index contributed by atoms with van der Waals surface area (Å²) < 4.78 is 0.914. The van der Waals surface area contributed by atoms with Crippen molar-refractivity contribution in [2.75, 3.05) is 25.0 Å². The van der Waals surface area contributed by atoms with Gasteiger partial charge in [-0.3, -0.25) is 0 Å². The number of nitrogens with zero attached hydrogens (tertiary/aromatic N) is 1. The van der Waals surface area contributed by atoms with Gasteiger partial charge in [-0.25, -0.2) is 0 Å². The SMILES string of the molecule is Clc1cc(Br)cc(Cl)c1NC1CN2CCC1CC2. The van der Waals surface area contributed by atoms with Crippen molar-refractivity contribution in [1.82, 2.24) is 4.90 Å². The van der Waals surface area contributed by atoms with Crippen LogP contribution in [0.25, 0.3) is 0 Å². The van der Waals surface area contributed by atoms with Gasteiger partial charge in [-0.15, -0.1) is 0 Å². The van der Waals surface area contributed by atoms with Crippen LogP contribution in [0.5, 0.6) is 0 Å². The Bertz CT molecular complexity index is 435. The van der Waals surface area contributed by atoms with Crippen molar-refractivity contribution in [3.63, 3.8) is 0 Å². The normalized spacial score (nSPS) is 30.5. The topological polar surface area (TPSA) is 15.3 Å². The Hall–Kier alpha value is 0.0400. The van der Waals surface area contributed by atoms with Crippen molar-refractivity contribution >= 4 is 44.8 Å². The maximum atomic E-state index is 6.27. The number of fused-ring (bicyclic) bond motifs is 3. The number of hydrogen-bond acceptors (Lipinski definition) is 2. The maximum absolute atomic E-state index is 6.27. The van der Waals surface area contributed by atoms with Crippen LogP contribution in [-0.4, -0.2) is 30.6 Å². The van der Waals surface area contributed by atoms with Crippen LogP contribution in [0.2, 0.25) is 10.0 Å². The van der Waals surface area contributed by atoms with Crippen LogP contribution >= 0.6 is 39.1 Å². The molecule has 1 aromatic rings. The Morgan fingerprint density at radius 2 is 1.78 bits per heavy atom. The molecule has 3 heterocycles. The smallest absolute Gasteiger partial charge is 0.0722 e. The van der Waals surface area contributed by atoms with Gasteiger partial charge in [-0.2, -0.15) is 0 Å². The minimum atomic E-state index is 0.476. The van der Waals surface area contributed by atoms with Crippen LogP contribution in [0, 0.1) is 5.92 Å². The average molecular weight is 350 g/mol. The molecule has 0 amide bonds. The van der Waals surface area contributed by atoms with Crippen molar-refractivity contribution in [2.24, 2.45) is 5.92 Å². The largest absolute Gasteiger partial charge is 0.378 e. The lowest BCUT2D eigenvalue weighted by atomic mass is 9.84. The summed E-state index contributed by atoms with van der Waals surface area (Å²) in [5.74, 6) is 0.755. The fraction of sp³-hybridized carbons (Fsp3) is 0.538. The molecule has 1 atom stereocenters. The molecule has 5 heteroatoms. The molecule has 0 spiro atoms. The van der Waals surface area contributed by atoms with Gasteiger partial charge in [-0.05, 0) is 44.0 Å². The molecule has 2 bridgehead atoms. The maximum Gasteiger partial charge on any atom is 0.0722 e. The molecule has 98 valence electrons. The summed E-state index contributed by atoms with van der Waals surface area (Å²) in [5, 5.41) is 4.92. The van der Waals surface area contributed by atoms with Gasteiger partial charge in [0.25, 0.3) is 0 Å². The number of nitrogens with one attached hydrogen (secondary N) is 1. The first-order valence-corrected chi connectivity index (χ1v) is 7.82. The quantitative estimate of drug-likeness (QED) is 0.858. The van der Waals surface area contributed by atoms with Gasteiger partial charge < -0.3 is 10.2 Å². The van der Waals surface area contributed by atoms with Gasteiger partial charge in [0.1, 0.15) is 0 Å². The van der Waals surface area contributed by atoms with E-state index in [0.717, 1.165) is 22.6 Å². The molecule has 2 nitrogen and oxygen atoms in total. The van der Waals surface area contributed by atoms with E-state index in [2.05, 4.69) is 26.1 Å². The summed E-state index contributed by atoms with van der Waals surface area (Å²) in [4.78, 5) is 2.51. The van der Waals surface area contributed by atoms with Crippen LogP contribution < -0.4 is 5.32 Å². The molecule has 0 aromatic heterocycles. The van der Waals surface area contributed by atoms with E-state index in [1.807, 2.05) is 12.1 Å². The van der Waals surface area contributed by atoms with E-state index in [0.29, 0.717) is 16.1 Å². The second-order valence-electron chi connectivity index (χ2n) is 5.13. The lowest BCUT2D eigenvalue weighted by Crippen LogP contribution is -2.53. The number of hydrogen-bond donors (Lipinski definition) is 1. The molecule has 4 rings (SSSR count). The molecule has 1 aromatic carbocycles. The zero-order chi connectivity index (χ0) is 12.7. The fourth-order valence-electron chi connectivity index (χ4n) is 2.99. The van der Waals surface area contributed by atoms with Gasteiger partial charge in [0.15, 0.2) is 0 Å². The van der Waals surface area contributed by atoms with E-state index in [1.54, 1.807) is 0 Å². The molecule has 3 fully saturated rings. The highest BCUT2D eigenvalue weighted by molar-refractivity contribution is 9.10. The van der Waals surface area contributed by atoms with Crippen LogP contribution in [0.3, 0.4) is 0 Å². The third-order valence-electron chi connectivity index (χ3n) is 3.99. The summed E-state index contributed by atoms with van der Waals surface area (Å²) in [6.07, 6.45) is 2.56. The Morgan fingerprint density at radius 3 is 2.28 bits per heavy atom. The molecule has 1 unspecified atom stereocenters. The van der Waals surface area contributed by atoms with Crippen LogP contribution in [-0.2, 0) is 0 Å². The standard InChI is InChI=1S/C13H15BrCl2N2/c14-9-5-10(15)13(11(16)6-9)17-12-7-18-3-1-8(12)2-4-18/h5-6,8,12,17H,1-4,7H2. The molecule has 0 saturated carbocycles. The Labute approximate surface area is 126 Å². The molecule has 0 radical (unpaired) electrons. The Morgan fingerprint density at radius 1 is 1.17 bits per heavy atom. The van der Waals surface area contributed by atoms with Crippen molar-refractivity contribution in [3.8, 4) is 0 Å². The monoisotopic (exact) mass is 348 g/mol. The van der Waals surface area contributed by atoms with Gasteiger partial charge >= 0.3 is 0 Å². The first-order valence-electron chi connectivity index (χ1n) is 6.27. The molecule has 3 aliphatic heterocycles. The minimum absolute atomic E-state index is 0.476. The lowest BCUT2D eigenvalue weighted by molar-refractivity contribution is 0.0975. The molecule has 3 aliphatic rings. The molecule has 18 heavy (non-hydrogen) atoms. The summed E-state index contributed by atoms with van der Waals surface area (Å²) in [6.45, 7) is 3.59. The zero-order valence-electron chi connectivity index (χ0n) is 9.93. The van der Waals surface area contributed by atoms with Gasteiger partial charge in [-0.1, -0.05) is 39.1 Å². The highest BCUT2D eigenvalue weighted by atomic mass is 79.9. The molecular formula is C13H15BrCl2N2. The summed E-state index contributed by atoms with van der Waals surface area (Å²) in [5.41, 5.74) is 0.875. The summed E-state index contributed by atoms with van der Waals surface area (Å²) in [6, 6.07) is 4.25. The average Bonchev–Trinajstić information content (AvgIpc) is 2.35. The Kier molecular flexibility index (Phi) is 3.77. The predicted molar refractivity (Wildman–Crippen MR) is 80.7 cm³/mol. The zero-order valence-corrected chi connectivity index (χ0v) is 13.0. The highest BCUT2D eigenvalue weighted by Crippen LogP contribution is 2.37. The van der Waals surface area contributed by atoms with Crippen LogP contribution in [0.4, 0.5) is 5.69 Å². The molecule has 1 N–H and O–H groups in total. The van der Waals surface area contributed by atoms with Crippen molar-refractivity contribution in [3.05, 3.63) is 26.7 Å². The Balaban J connectivity index is 1.81. The van der Waals surface area contributed by atoms with E-state index < -0.39 is 0 Å². The highest BCUT2D eigenvalue weighted by Gasteiger charge is 2.34. The second-order valence-corrected chi connectivity index (χ2v) is 6.86. The van der Waals surface area contributed by atoms with Crippen LogP contribution in [0.15, 0.2) is 16.6 Å². The number of benzene rings is 1. The summed E-state index contributed by atoms with van der Waals surface area (Å²) in [7, 11) is 0. The predicted octanol–water partition coefficient (Wildman–Crippen LogP) is 4.26. The summed E-state index contributed by atoms with van der Waals surface area (Å²) >= 11 is 15.9. The van der Waals surface area contributed by atoms with Crippen molar-refractivity contribution in [2.45, 2.75) is 18.9 Å². The van der Waals surface area contributed by atoms with Gasteiger partial charge in [0.2, 0.25) is 0 Å². The van der Waals surface area contributed by atoms with E-state index >= 15 is 0 Å². The number of rotatable bonds is 2. The van der Waals surface area contributed by atoms with Crippen molar-refractivity contribution < 1.29 is 0 Å². The van der Waals surface area contributed by atoms with E-state index in [1.165, 1.54) is 25.9 Å². The van der Waals surface area contributed by atoms with E-state index in [9.17, 15) is 0 Å². The van der Waals surface area contributed by atoms with Crippen molar-refractivity contribution in [1.29, 1.82) is 0 Å². The number of anilines is 1. The third kappa shape index (κ3) is 2.51. The van der Waals surface area contributed by atoms with Crippen LogP contribution in [0.1, 0.15) is 12.8 Å². The lowest BCUT2D eigenvalue weighted by Gasteiger charge is -2.45. The van der Waals surface area contributed by atoms with E-state index in [-0.39, 0.29) is 0 Å². The minimum Gasteiger partial charge on any atom is -0.378 e. The van der Waals surface area contributed by atoms with Gasteiger partial charge in [0, 0.05) is 17.1 Å².